The summed E-state index contributed by atoms with van der Waals surface area (Å²) >= 11 is 0. The molecule has 1 atom stereocenters. The fourth-order valence-electron chi connectivity index (χ4n) is 2.26. The highest BCUT2D eigenvalue weighted by molar-refractivity contribution is 5.96. The summed E-state index contributed by atoms with van der Waals surface area (Å²) < 4.78 is 0. The molecule has 0 aromatic carbocycles. The number of hydrogen-bond acceptors (Lipinski definition) is 5. The number of aliphatic hydroxyl groups is 1. The van der Waals surface area contributed by atoms with Crippen LogP contribution in [0.15, 0.2) is 29.7 Å². The molecule has 20 heavy (non-hydrogen) atoms. The minimum Gasteiger partial charge on any atom is -0.391 e. The number of nitrogens with zero attached hydrogens (tertiary/aromatic N) is 3. The maximum absolute atomic E-state index is 9.90. The first kappa shape index (κ1) is 14.7. The van der Waals surface area contributed by atoms with Crippen molar-refractivity contribution >= 4 is 5.84 Å². The largest absolute Gasteiger partial charge is 0.391 e. The molecular formula is C14H22N4O2. The highest BCUT2D eigenvalue weighted by Gasteiger charge is 2.14. The third-order valence-corrected chi connectivity index (χ3v) is 3.32. The Kier molecular flexibility index (Phi) is 5.76. The van der Waals surface area contributed by atoms with Crippen LogP contribution in [0.1, 0.15) is 24.8 Å². The molecule has 6 nitrogen and oxygen atoms in total. The molecule has 2 heterocycles. The lowest BCUT2D eigenvalue weighted by molar-refractivity contribution is 0.0157. The Balaban J connectivity index is 1.71. The van der Waals surface area contributed by atoms with Crippen LogP contribution < -0.4 is 5.73 Å². The van der Waals surface area contributed by atoms with E-state index in [1.165, 1.54) is 19.3 Å². The second-order valence-electron chi connectivity index (χ2n) is 5.02. The monoisotopic (exact) mass is 278 g/mol. The maximum Gasteiger partial charge on any atom is 0.170 e. The second-order valence-corrected chi connectivity index (χ2v) is 5.02. The third-order valence-electron chi connectivity index (χ3n) is 3.32. The van der Waals surface area contributed by atoms with Crippen molar-refractivity contribution in [3.05, 3.63) is 30.1 Å². The van der Waals surface area contributed by atoms with Crippen LogP contribution in [0, 0.1) is 0 Å². The number of likely N-dealkylation sites (tertiary alicyclic amines) is 1. The van der Waals surface area contributed by atoms with Gasteiger partial charge in [-0.15, -0.1) is 0 Å². The number of β-amino-alcohol motifs (C(OH)–C–C–N with tert-alkyl or cyclic N) is 1. The Bertz CT molecular complexity index is 418. The van der Waals surface area contributed by atoms with E-state index in [1.807, 2.05) is 0 Å². The maximum atomic E-state index is 9.90. The van der Waals surface area contributed by atoms with Crippen LogP contribution in [0.3, 0.4) is 0 Å². The van der Waals surface area contributed by atoms with E-state index in [1.54, 1.807) is 24.5 Å². The van der Waals surface area contributed by atoms with Gasteiger partial charge in [0.05, 0.1) is 0 Å². The fourth-order valence-corrected chi connectivity index (χ4v) is 2.26. The van der Waals surface area contributed by atoms with Crippen molar-refractivity contribution in [2.24, 2.45) is 10.9 Å². The predicted octanol–water partition coefficient (Wildman–Crippen LogP) is 0.565. The molecule has 0 saturated carbocycles. The van der Waals surface area contributed by atoms with Gasteiger partial charge in [0, 0.05) is 24.5 Å². The van der Waals surface area contributed by atoms with Crippen molar-refractivity contribution in [1.82, 2.24) is 9.88 Å². The topological polar surface area (TPSA) is 84.0 Å². The highest BCUT2D eigenvalue weighted by atomic mass is 16.6. The van der Waals surface area contributed by atoms with Crippen LogP contribution in [-0.2, 0) is 4.84 Å². The van der Waals surface area contributed by atoms with Crippen LogP contribution in [0.5, 0.6) is 0 Å². The van der Waals surface area contributed by atoms with E-state index in [9.17, 15) is 5.11 Å². The van der Waals surface area contributed by atoms with E-state index in [4.69, 9.17) is 10.6 Å². The first-order valence-electron chi connectivity index (χ1n) is 7.02. The summed E-state index contributed by atoms with van der Waals surface area (Å²) in [6.07, 6.45) is 6.45. The Morgan fingerprint density at radius 1 is 1.35 bits per heavy atom. The van der Waals surface area contributed by atoms with Gasteiger partial charge >= 0.3 is 0 Å². The molecule has 0 aliphatic carbocycles. The lowest BCUT2D eigenvalue weighted by atomic mass is 10.1. The lowest BCUT2D eigenvalue weighted by Gasteiger charge is -2.27. The van der Waals surface area contributed by atoms with Crippen molar-refractivity contribution in [3.63, 3.8) is 0 Å². The summed E-state index contributed by atoms with van der Waals surface area (Å²) in [6.45, 7) is 2.89. The minimum atomic E-state index is -0.540. The Morgan fingerprint density at radius 3 is 2.75 bits per heavy atom. The van der Waals surface area contributed by atoms with E-state index in [-0.39, 0.29) is 12.4 Å². The van der Waals surface area contributed by atoms with Gasteiger partial charge in [-0.3, -0.25) is 4.98 Å². The number of aliphatic hydroxyl groups excluding tert-OH is 1. The van der Waals surface area contributed by atoms with Crippen LogP contribution in [0.4, 0.5) is 0 Å². The van der Waals surface area contributed by atoms with Crippen LogP contribution in [-0.4, -0.2) is 53.2 Å². The molecule has 1 aromatic heterocycles. The number of oxime groups is 1. The summed E-state index contributed by atoms with van der Waals surface area (Å²) in [5.74, 6) is 0.289. The molecule has 1 aliphatic rings. The summed E-state index contributed by atoms with van der Waals surface area (Å²) in [7, 11) is 0. The number of rotatable bonds is 6. The van der Waals surface area contributed by atoms with Crippen molar-refractivity contribution in [3.8, 4) is 0 Å². The number of piperidine rings is 1. The van der Waals surface area contributed by atoms with Gasteiger partial charge in [-0.25, -0.2) is 0 Å². The van der Waals surface area contributed by atoms with Crippen molar-refractivity contribution in [2.75, 3.05) is 26.2 Å². The van der Waals surface area contributed by atoms with Crippen LogP contribution in [0.25, 0.3) is 0 Å². The molecule has 0 radical (unpaired) electrons. The van der Waals surface area contributed by atoms with E-state index >= 15 is 0 Å². The molecule has 3 N–H and O–H groups in total. The fraction of sp³-hybridized carbons (Fsp3) is 0.571. The Morgan fingerprint density at radius 2 is 2.05 bits per heavy atom. The summed E-state index contributed by atoms with van der Waals surface area (Å²) in [5, 5.41) is 13.7. The Hall–Kier alpha value is -1.66. The number of nitrogens with two attached hydrogens (primary N) is 1. The van der Waals surface area contributed by atoms with Gasteiger partial charge in [-0.2, -0.15) is 0 Å². The van der Waals surface area contributed by atoms with E-state index < -0.39 is 6.10 Å². The van der Waals surface area contributed by atoms with Gasteiger partial charge in [0.1, 0.15) is 12.7 Å². The first-order valence-corrected chi connectivity index (χ1v) is 7.02. The molecule has 1 fully saturated rings. The SMILES string of the molecule is N/C(=N\OCC(O)CN1CCCCC1)c1ccncc1. The normalized spacial score (nSPS) is 18.8. The lowest BCUT2D eigenvalue weighted by Crippen LogP contribution is -2.38. The average Bonchev–Trinajstić information content (AvgIpc) is 2.49. The van der Waals surface area contributed by atoms with Gasteiger partial charge in [0.15, 0.2) is 5.84 Å². The second kappa shape index (κ2) is 7.81. The van der Waals surface area contributed by atoms with Gasteiger partial charge in [-0.05, 0) is 38.1 Å². The zero-order valence-electron chi connectivity index (χ0n) is 11.6. The highest BCUT2D eigenvalue weighted by Crippen LogP contribution is 2.09. The van der Waals surface area contributed by atoms with Gasteiger partial charge in [0.2, 0.25) is 0 Å². The number of hydrogen-bond donors (Lipinski definition) is 2. The standard InChI is InChI=1S/C14H22N4O2/c15-14(12-4-6-16-7-5-12)17-20-11-13(19)10-18-8-2-1-3-9-18/h4-7,13,19H,1-3,8-11H2,(H2,15,17). The van der Waals surface area contributed by atoms with Gasteiger partial charge < -0.3 is 20.6 Å². The van der Waals surface area contributed by atoms with E-state index in [0.29, 0.717) is 6.54 Å². The summed E-state index contributed by atoms with van der Waals surface area (Å²) in [6, 6.07) is 3.51. The summed E-state index contributed by atoms with van der Waals surface area (Å²) in [5.41, 5.74) is 6.53. The molecule has 0 spiro atoms. The predicted molar refractivity (Wildman–Crippen MR) is 77.2 cm³/mol. The molecule has 1 unspecified atom stereocenters. The van der Waals surface area contributed by atoms with E-state index in [0.717, 1.165) is 18.7 Å². The number of pyridine rings is 1. The van der Waals surface area contributed by atoms with Crippen LogP contribution in [0.2, 0.25) is 0 Å². The zero-order chi connectivity index (χ0) is 14.2. The number of amidine groups is 1. The van der Waals surface area contributed by atoms with Gasteiger partial charge in [-0.1, -0.05) is 11.6 Å². The molecule has 110 valence electrons. The van der Waals surface area contributed by atoms with E-state index in [2.05, 4.69) is 15.0 Å². The average molecular weight is 278 g/mol. The molecule has 0 amide bonds. The van der Waals surface area contributed by atoms with Crippen molar-refractivity contribution < 1.29 is 9.94 Å². The molecule has 0 bridgehead atoms. The van der Waals surface area contributed by atoms with Crippen molar-refractivity contribution in [2.45, 2.75) is 25.4 Å². The quantitative estimate of drug-likeness (QED) is 0.451. The molecule has 2 rings (SSSR count). The molecule has 6 heteroatoms. The van der Waals surface area contributed by atoms with Gasteiger partial charge in [0.25, 0.3) is 0 Å². The van der Waals surface area contributed by atoms with Crippen molar-refractivity contribution in [1.29, 1.82) is 0 Å². The van der Waals surface area contributed by atoms with Crippen LogP contribution >= 0.6 is 0 Å². The Labute approximate surface area is 119 Å². The molecule has 1 aliphatic heterocycles. The molecule has 1 aromatic rings. The summed E-state index contributed by atoms with van der Waals surface area (Å²) in [4.78, 5) is 11.3. The number of aromatic nitrogens is 1. The molecular weight excluding hydrogens is 256 g/mol. The molecule has 1 saturated heterocycles. The zero-order valence-corrected chi connectivity index (χ0v) is 11.6. The third kappa shape index (κ3) is 4.79. The smallest absolute Gasteiger partial charge is 0.170 e. The minimum absolute atomic E-state index is 0.155. The first-order chi connectivity index (χ1) is 9.75.